The first-order valence-electron chi connectivity index (χ1n) is 6.07. The number of aromatic nitrogens is 1. The molecule has 0 aliphatic carbocycles. The average molecular weight is 386 g/mol. The molecule has 2 aromatic rings. The van der Waals surface area contributed by atoms with Crippen LogP contribution in [0.1, 0.15) is 16.1 Å². The van der Waals surface area contributed by atoms with Crippen molar-refractivity contribution in [2.75, 3.05) is 7.11 Å². The van der Waals surface area contributed by atoms with Gasteiger partial charge in [-0.2, -0.15) is 13.2 Å². The Kier molecular flexibility index (Phi) is 5.00. The number of methoxy groups -OCH3 is 1. The molecule has 1 aromatic carbocycles. The van der Waals surface area contributed by atoms with E-state index in [9.17, 15) is 26.7 Å². The van der Waals surface area contributed by atoms with Gasteiger partial charge in [0.05, 0.1) is 22.7 Å². The number of nitrogens with zero attached hydrogens (tertiary/aromatic N) is 1. The van der Waals surface area contributed by atoms with Crippen LogP contribution < -0.4 is 0 Å². The number of hydrogen-bond donors (Lipinski definition) is 0. The van der Waals surface area contributed by atoms with Gasteiger partial charge in [-0.1, -0.05) is 23.2 Å². The number of rotatable bonds is 2. The molecule has 0 aliphatic heterocycles. The minimum atomic E-state index is -4.98. The van der Waals surface area contributed by atoms with Crippen molar-refractivity contribution in [3.63, 3.8) is 0 Å². The lowest BCUT2D eigenvalue weighted by Gasteiger charge is -2.12. The van der Waals surface area contributed by atoms with Gasteiger partial charge in [0.2, 0.25) is 0 Å². The van der Waals surface area contributed by atoms with E-state index in [1.807, 2.05) is 0 Å². The van der Waals surface area contributed by atoms with E-state index in [1.165, 1.54) is 0 Å². The maximum absolute atomic E-state index is 14.0. The highest BCUT2D eigenvalue weighted by Crippen LogP contribution is 2.38. The van der Waals surface area contributed by atoms with E-state index in [4.69, 9.17) is 23.2 Å². The number of carbonyl (C=O) groups is 1. The number of pyridine rings is 1. The smallest absolute Gasteiger partial charge is 0.419 e. The van der Waals surface area contributed by atoms with E-state index < -0.39 is 51.3 Å². The Hall–Kier alpha value is -1.93. The fraction of sp³-hybridized carbons (Fsp3) is 0.143. The Bertz CT molecular complexity index is 824. The third-order valence-corrected chi connectivity index (χ3v) is 3.53. The molecule has 1 heterocycles. The van der Waals surface area contributed by atoms with Gasteiger partial charge in [0.1, 0.15) is 11.5 Å². The second-order valence-electron chi connectivity index (χ2n) is 4.45. The van der Waals surface area contributed by atoms with Crippen molar-refractivity contribution >= 4 is 29.2 Å². The molecule has 1 aromatic heterocycles. The lowest BCUT2D eigenvalue weighted by atomic mass is 10.1. The van der Waals surface area contributed by atoms with Crippen molar-refractivity contribution < 1.29 is 31.5 Å². The Morgan fingerprint density at radius 2 is 1.71 bits per heavy atom. The summed E-state index contributed by atoms with van der Waals surface area (Å²) >= 11 is 11.4. The Balaban J connectivity index is 2.69. The fourth-order valence-electron chi connectivity index (χ4n) is 1.84. The number of esters is 1. The predicted octanol–water partition coefficient (Wildman–Crippen LogP) is 5.14. The molecule has 0 saturated heterocycles. The number of halogens is 7. The van der Waals surface area contributed by atoms with Gasteiger partial charge in [-0.05, 0) is 18.2 Å². The first-order chi connectivity index (χ1) is 11.1. The van der Waals surface area contributed by atoms with Crippen molar-refractivity contribution in [2.24, 2.45) is 0 Å². The molecule has 0 radical (unpaired) electrons. The number of carbonyl (C=O) groups excluding carboxylic acids is 1. The Morgan fingerprint density at radius 3 is 2.25 bits per heavy atom. The van der Waals surface area contributed by atoms with E-state index in [2.05, 4.69) is 9.72 Å². The fourth-order valence-corrected chi connectivity index (χ4v) is 2.31. The van der Waals surface area contributed by atoms with Gasteiger partial charge in [-0.15, -0.1) is 0 Å². The molecule has 0 amide bonds. The van der Waals surface area contributed by atoms with Gasteiger partial charge < -0.3 is 4.74 Å². The molecular formula is C14H6Cl2F5NO2. The maximum Gasteiger partial charge on any atom is 0.419 e. The molecule has 10 heteroatoms. The van der Waals surface area contributed by atoms with Gasteiger partial charge >= 0.3 is 12.1 Å². The molecule has 0 bridgehead atoms. The van der Waals surface area contributed by atoms with Gasteiger partial charge in [0, 0.05) is 5.56 Å². The third-order valence-electron chi connectivity index (χ3n) is 2.93. The van der Waals surface area contributed by atoms with Crippen LogP contribution in [0.25, 0.3) is 11.3 Å². The lowest BCUT2D eigenvalue weighted by molar-refractivity contribution is -0.139. The topological polar surface area (TPSA) is 39.2 Å². The summed E-state index contributed by atoms with van der Waals surface area (Å²) in [5, 5.41) is -0.986. The minimum Gasteiger partial charge on any atom is -0.464 e. The van der Waals surface area contributed by atoms with E-state index in [-0.39, 0.29) is 5.02 Å². The van der Waals surface area contributed by atoms with Crippen molar-refractivity contribution in [3.05, 3.63) is 51.1 Å². The minimum absolute atomic E-state index is 0.305. The van der Waals surface area contributed by atoms with E-state index >= 15 is 0 Å². The highest BCUT2D eigenvalue weighted by molar-refractivity contribution is 6.34. The molecule has 0 spiro atoms. The first kappa shape index (κ1) is 18.4. The van der Waals surface area contributed by atoms with Crippen molar-refractivity contribution in [3.8, 4) is 11.3 Å². The second-order valence-corrected chi connectivity index (χ2v) is 5.26. The highest BCUT2D eigenvalue weighted by atomic mass is 35.5. The molecule has 0 N–H and O–H groups in total. The van der Waals surface area contributed by atoms with Crippen molar-refractivity contribution in [1.29, 1.82) is 0 Å². The van der Waals surface area contributed by atoms with Crippen LogP contribution in [-0.4, -0.2) is 18.1 Å². The standard InChI is InChI=1S/C14H6Cl2F5NO2/c1-24-13(23)12-8(16)4-10(18)11(22-12)5-2-9(17)6(3-7(5)15)14(19,20)21/h2-4H,1H3. The summed E-state index contributed by atoms with van der Waals surface area (Å²) in [5.41, 5.74) is -3.22. The zero-order valence-corrected chi connectivity index (χ0v) is 13.2. The van der Waals surface area contributed by atoms with Crippen molar-refractivity contribution in [1.82, 2.24) is 4.98 Å². The van der Waals surface area contributed by atoms with Crippen LogP contribution in [0.5, 0.6) is 0 Å². The summed E-state index contributed by atoms with van der Waals surface area (Å²) in [7, 11) is 1.02. The molecule has 0 fully saturated rings. The summed E-state index contributed by atoms with van der Waals surface area (Å²) in [6.45, 7) is 0. The second kappa shape index (κ2) is 6.52. The molecule has 0 aliphatic rings. The summed E-state index contributed by atoms with van der Waals surface area (Å²) in [6.07, 6.45) is -4.98. The normalized spacial score (nSPS) is 11.5. The van der Waals surface area contributed by atoms with Gasteiger partial charge in [-0.3, -0.25) is 0 Å². The average Bonchev–Trinajstić information content (AvgIpc) is 2.48. The predicted molar refractivity (Wildman–Crippen MR) is 76.0 cm³/mol. The van der Waals surface area contributed by atoms with Crippen LogP contribution >= 0.6 is 23.2 Å². The maximum atomic E-state index is 14.0. The van der Waals surface area contributed by atoms with Gasteiger partial charge in [0.25, 0.3) is 0 Å². The number of hydrogen-bond acceptors (Lipinski definition) is 3. The zero-order valence-electron chi connectivity index (χ0n) is 11.6. The van der Waals surface area contributed by atoms with Crippen molar-refractivity contribution in [2.45, 2.75) is 6.18 Å². The van der Waals surface area contributed by atoms with Gasteiger partial charge in [0.15, 0.2) is 11.5 Å². The molecule has 0 unspecified atom stereocenters. The SMILES string of the molecule is COC(=O)c1nc(-c2cc(F)c(C(F)(F)F)cc2Cl)c(F)cc1Cl. The third kappa shape index (κ3) is 3.44. The first-order valence-corrected chi connectivity index (χ1v) is 6.82. The summed E-state index contributed by atoms with van der Waals surface area (Å²) in [4.78, 5) is 15.1. The largest absolute Gasteiger partial charge is 0.464 e. The number of benzene rings is 1. The molecule has 0 atom stereocenters. The molecule has 0 saturated carbocycles. The van der Waals surface area contributed by atoms with Crippen LogP contribution in [-0.2, 0) is 10.9 Å². The Morgan fingerprint density at radius 1 is 1.08 bits per heavy atom. The summed E-state index contributed by atoms with van der Waals surface area (Å²) in [6, 6.07) is 1.38. The molecule has 2 rings (SSSR count). The molecular weight excluding hydrogens is 380 g/mol. The van der Waals surface area contributed by atoms with Crippen LogP contribution in [0.2, 0.25) is 10.0 Å². The van der Waals surface area contributed by atoms with Crippen LogP contribution in [0.3, 0.4) is 0 Å². The van der Waals surface area contributed by atoms with E-state index in [0.717, 1.165) is 7.11 Å². The van der Waals surface area contributed by atoms with E-state index in [1.54, 1.807) is 0 Å². The molecule has 3 nitrogen and oxygen atoms in total. The number of ether oxygens (including phenoxy) is 1. The van der Waals surface area contributed by atoms with Gasteiger partial charge in [-0.25, -0.2) is 18.6 Å². The number of alkyl halides is 3. The summed E-state index contributed by atoms with van der Waals surface area (Å²) in [5.74, 6) is -3.78. The molecule has 24 heavy (non-hydrogen) atoms. The lowest BCUT2D eigenvalue weighted by Crippen LogP contribution is -2.10. The Labute approximate surface area is 142 Å². The van der Waals surface area contributed by atoms with Crippen LogP contribution in [0, 0.1) is 11.6 Å². The van der Waals surface area contributed by atoms with E-state index in [0.29, 0.717) is 18.2 Å². The quantitative estimate of drug-likeness (QED) is 0.530. The zero-order chi connectivity index (χ0) is 18.2. The van der Waals surface area contributed by atoms with Crippen LogP contribution in [0.15, 0.2) is 18.2 Å². The molecule has 128 valence electrons. The summed E-state index contributed by atoms with van der Waals surface area (Å²) < 4.78 is 70.1. The van der Waals surface area contributed by atoms with Crippen LogP contribution in [0.4, 0.5) is 22.0 Å². The highest BCUT2D eigenvalue weighted by Gasteiger charge is 2.35. The monoisotopic (exact) mass is 385 g/mol.